The number of hydrogen-bond donors (Lipinski definition) is 1. The number of hydrogen-bond acceptors (Lipinski definition) is 2. The summed E-state index contributed by atoms with van der Waals surface area (Å²) in [4.78, 5) is 2.58. The van der Waals surface area contributed by atoms with Crippen molar-refractivity contribution in [1.29, 1.82) is 0 Å². The zero-order chi connectivity index (χ0) is 14.4. The van der Waals surface area contributed by atoms with E-state index in [1.54, 1.807) is 5.56 Å². The molecule has 112 valence electrons. The molecule has 1 atom stereocenters. The normalized spacial score (nSPS) is 16.1. The van der Waals surface area contributed by atoms with Crippen LogP contribution in [0.25, 0.3) is 0 Å². The summed E-state index contributed by atoms with van der Waals surface area (Å²) in [5.74, 6) is 0. The van der Waals surface area contributed by atoms with Crippen LogP contribution in [0.5, 0.6) is 0 Å². The van der Waals surface area contributed by atoms with Crippen molar-refractivity contribution in [3.63, 3.8) is 0 Å². The Morgan fingerprint density at radius 3 is 2.90 bits per heavy atom. The maximum atomic E-state index is 3.59. The third-order valence-corrected chi connectivity index (χ3v) is 4.41. The van der Waals surface area contributed by atoms with E-state index in [9.17, 15) is 0 Å². The Hall–Kier alpha value is -1.02. The van der Waals surface area contributed by atoms with Gasteiger partial charge < -0.3 is 10.2 Å². The van der Waals surface area contributed by atoms with Gasteiger partial charge in [-0.15, -0.1) is 0 Å². The predicted octanol–water partition coefficient (Wildman–Crippen LogP) is 4.13. The van der Waals surface area contributed by atoms with Crippen LogP contribution in [-0.4, -0.2) is 19.1 Å². The maximum absolute atomic E-state index is 3.59. The van der Waals surface area contributed by atoms with Gasteiger partial charge in [-0.1, -0.05) is 32.4 Å². The fourth-order valence-corrected chi connectivity index (χ4v) is 2.86. The van der Waals surface area contributed by atoms with Gasteiger partial charge in [0.25, 0.3) is 0 Å². The lowest BCUT2D eigenvalue weighted by Crippen LogP contribution is -2.30. The quantitative estimate of drug-likeness (QED) is 0.804. The number of nitrogens with one attached hydrogen (secondary N) is 1. The highest BCUT2D eigenvalue weighted by Gasteiger charge is 2.16. The van der Waals surface area contributed by atoms with Crippen LogP contribution in [0.4, 0.5) is 5.69 Å². The molecule has 0 spiro atoms. The van der Waals surface area contributed by atoms with Crippen molar-refractivity contribution in [3.8, 4) is 0 Å². The minimum atomic E-state index is 0.604. The van der Waals surface area contributed by atoms with E-state index >= 15 is 0 Å². The van der Waals surface area contributed by atoms with Crippen LogP contribution in [0.1, 0.15) is 57.6 Å². The summed E-state index contributed by atoms with van der Waals surface area (Å²) in [6, 6.07) is 7.67. The van der Waals surface area contributed by atoms with Crippen LogP contribution >= 0.6 is 0 Å². The number of nitrogens with zero attached hydrogens (tertiary/aromatic N) is 1. The first-order valence-electron chi connectivity index (χ1n) is 8.34. The molecule has 1 heterocycles. The molecule has 0 aliphatic carbocycles. The number of unbranched alkanes of at least 4 members (excludes halogenated alkanes) is 1. The van der Waals surface area contributed by atoms with E-state index in [0.717, 1.165) is 6.54 Å². The topological polar surface area (TPSA) is 15.3 Å². The van der Waals surface area contributed by atoms with Crippen molar-refractivity contribution in [1.82, 2.24) is 5.32 Å². The molecule has 2 nitrogen and oxygen atoms in total. The summed E-state index contributed by atoms with van der Waals surface area (Å²) in [5, 5.41) is 3.59. The van der Waals surface area contributed by atoms with Gasteiger partial charge in [0.05, 0.1) is 0 Å². The smallest absolute Gasteiger partial charge is 0.0398 e. The Morgan fingerprint density at radius 2 is 2.15 bits per heavy atom. The fraction of sp³-hybridized carbons (Fsp3) is 0.667. The van der Waals surface area contributed by atoms with Crippen molar-refractivity contribution in [2.24, 2.45) is 0 Å². The van der Waals surface area contributed by atoms with Gasteiger partial charge in [-0.05, 0) is 49.8 Å². The van der Waals surface area contributed by atoms with Crippen LogP contribution in [0.15, 0.2) is 18.2 Å². The highest BCUT2D eigenvalue weighted by atomic mass is 15.1. The van der Waals surface area contributed by atoms with Gasteiger partial charge in [-0.25, -0.2) is 0 Å². The molecule has 1 aliphatic heterocycles. The second-order valence-corrected chi connectivity index (χ2v) is 6.10. The summed E-state index contributed by atoms with van der Waals surface area (Å²) >= 11 is 0. The molecule has 1 N–H and O–H groups in total. The molecule has 1 unspecified atom stereocenters. The molecule has 2 heteroatoms. The largest absolute Gasteiger partial charge is 0.371 e. The van der Waals surface area contributed by atoms with Gasteiger partial charge in [0.15, 0.2) is 0 Å². The molecule has 0 bridgehead atoms. The molecule has 1 aliphatic rings. The van der Waals surface area contributed by atoms with Crippen LogP contribution in [-0.2, 0) is 13.0 Å². The van der Waals surface area contributed by atoms with Crippen molar-refractivity contribution >= 4 is 5.69 Å². The summed E-state index contributed by atoms with van der Waals surface area (Å²) < 4.78 is 0. The molecule has 1 aromatic carbocycles. The van der Waals surface area contributed by atoms with E-state index in [2.05, 4.69) is 49.2 Å². The van der Waals surface area contributed by atoms with Gasteiger partial charge in [-0.2, -0.15) is 0 Å². The van der Waals surface area contributed by atoms with E-state index in [1.807, 2.05) is 0 Å². The van der Waals surface area contributed by atoms with E-state index in [0.29, 0.717) is 6.04 Å². The fourth-order valence-electron chi connectivity index (χ4n) is 2.86. The highest BCUT2D eigenvalue weighted by molar-refractivity contribution is 5.56. The van der Waals surface area contributed by atoms with Crippen LogP contribution in [0, 0.1) is 0 Å². The monoisotopic (exact) mass is 274 g/mol. The van der Waals surface area contributed by atoms with Crippen LogP contribution in [0.3, 0.4) is 0 Å². The molecule has 1 aromatic rings. The first-order chi connectivity index (χ1) is 9.74. The van der Waals surface area contributed by atoms with Gasteiger partial charge in [0, 0.05) is 31.4 Å². The van der Waals surface area contributed by atoms with E-state index in [1.165, 1.54) is 56.4 Å². The average Bonchev–Trinajstić information content (AvgIpc) is 2.50. The third kappa shape index (κ3) is 3.99. The molecular formula is C18H30N2. The van der Waals surface area contributed by atoms with E-state index in [4.69, 9.17) is 0 Å². The van der Waals surface area contributed by atoms with Crippen molar-refractivity contribution in [2.75, 3.05) is 18.0 Å². The number of rotatable bonds is 7. The Labute approximate surface area is 124 Å². The first-order valence-corrected chi connectivity index (χ1v) is 8.34. The van der Waals surface area contributed by atoms with E-state index in [-0.39, 0.29) is 0 Å². The lowest BCUT2D eigenvalue weighted by Gasteiger charge is -2.31. The second kappa shape index (κ2) is 7.68. The summed E-state index contributed by atoms with van der Waals surface area (Å²) in [7, 11) is 0. The highest BCUT2D eigenvalue weighted by Crippen LogP contribution is 2.28. The Bertz CT molecular complexity index is 414. The van der Waals surface area contributed by atoms with Gasteiger partial charge in [-0.3, -0.25) is 0 Å². The lowest BCUT2D eigenvalue weighted by atomic mass is 9.98. The standard InChI is InChI=1S/C18H30N2/c1-4-6-11-20-12-7-8-17-13-16(9-10-18(17)20)14-19-15(3)5-2/h9-10,13,15,19H,4-8,11-12,14H2,1-3H3. The molecule has 0 saturated carbocycles. The molecule has 0 saturated heterocycles. The van der Waals surface area contributed by atoms with Gasteiger partial charge in [0.1, 0.15) is 0 Å². The van der Waals surface area contributed by atoms with Crippen molar-refractivity contribution < 1.29 is 0 Å². The second-order valence-electron chi connectivity index (χ2n) is 6.10. The minimum absolute atomic E-state index is 0.604. The number of anilines is 1. The molecule has 0 aromatic heterocycles. The van der Waals surface area contributed by atoms with Gasteiger partial charge in [0.2, 0.25) is 0 Å². The molecule has 0 amide bonds. The van der Waals surface area contributed by atoms with Gasteiger partial charge >= 0.3 is 0 Å². The summed E-state index contributed by atoms with van der Waals surface area (Å²) in [6.45, 7) is 10.2. The molecule has 0 radical (unpaired) electrons. The molecule has 0 fully saturated rings. The van der Waals surface area contributed by atoms with Crippen LogP contribution < -0.4 is 10.2 Å². The maximum Gasteiger partial charge on any atom is 0.0398 e. The minimum Gasteiger partial charge on any atom is -0.371 e. The third-order valence-electron chi connectivity index (χ3n) is 4.41. The predicted molar refractivity (Wildman–Crippen MR) is 88.5 cm³/mol. The Kier molecular flexibility index (Phi) is 5.90. The Morgan fingerprint density at radius 1 is 1.30 bits per heavy atom. The average molecular weight is 274 g/mol. The van der Waals surface area contributed by atoms with E-state index < -0.39 is 0 Å². The molecule has 20 heavy (non-hydrogen) atoms. The number of aryl methyl sites for hydroxylation is 1. The first kappa shape index (κ1) is 15.4. The summed E-state index contributed by atoms with van der Waals surface area (Å²) in [6.07, 6.45) is 6.32. The van der Waals surface area contributed by atoms with Crippen molar-refractivity contribution in [3.05, 3.63) is 29.3 Å². The Balaban J connectivity index is 2.03. The number of benzene rings is 1. The molecule has 2 rings (SSSR count). The zero-order valence-electron chi connectivity index (χ0n) is 13.4. The molecular weight excluding hydrogens is 244 g/mol. The number of fused-ring (bicyclic) bond motifs is 1. The zero-order valence-corrected chi connectivity index (χ0v) is 13.4. The van der Waals surface area contributed by atoms with Crippen molar-refractivity contribution in [2.45, 2.75) is 65.5 Å². The SMILES string of the molecule is CCCCN1CCCc2cc(CNC(C)CC)ccc21. The van der Waals surface area contributed by atoms with Crippen LogP contribution in [0.2, 0.25) is 0 Å². The lowest BCUT2D eigenvalue weighted by molar-refractivity contribution is 0.534. The summed E-state index contributed by atoms with van der Waals surface area (Å²) in [5.41, 5.74) is 4.47.